The van der Waals surface area contributed by atoms with Crippen LogP contribution < -0.4 is 0 Å². The second kappa shape index (κ2) is 7.29. The van der Waals surface area contributed by atoms with Crippen LogP contribution in [0.5, 0.6) is 0 Å². The molecule has 0 radical (unpaired) electrons. The van der Waals surface area contributed by atoms with Gasteiger partial charge in [0.25, 0.3) is 0 Å². The predicted molar refractivity (Wildman–Crippen MR) is 74.1 cm³/mol. The maximum Gasteiger partial charge on any atom is 0.0614 e. The minimum absolute atomic E-state index is 0.237. The van der Waals surface area contributed by atoms with Crippen LogP contribution in [-0.4, -0.2) is 11.2 Å². The van der Waals surface area contributed by atoms with E-state index in [-0.39, 0.29) is 12.0 Å². The SMILES string of the molecule is C=CCCC(O)C(c1ccccc1)C(C)CC. The lowest BCUT2D eigenvalue weighted by atomic mass is 9.80. The largest absolute Gasteiger partial charge is 0.392 e. The number of hydrogen-bond donors (Lipinski definition) is 1. The lowest BCUT2D eigenvalue weighted by molar-refractivity contribution is 0.109. The van der Waals surface area contributed by atoms with Gasteiger partial charge in [-0.1, -0.05) is 56.7 Å². The predicted octanol–water partition coefficient (Wildman–Crippen LogP) is 4.14. The molecule has 0 aliphatic heterocycles. The molecule has 1 aromatic rings. The molecule has 0 aliphatic rings. The Morgan fingerprint density at radius 1 is 1.29 bits per heavy atom. The molecule has 0 fully saturated rings. The standard InChI is InChI=1S/C16H24O/c1-4-6-12-15(17)16(13(3)5-2)14-10-8-7-9-11-14/h4,7-11,13,15-17H,1,5-6,12H2,2-3H3. The van der Waals surface area contributed by atoms with Crippen molar-refractivity contribution >= 4 is 0 Å². The summed E-state index contributed by atoms with van der Waals surface area (Å²) in [7, 11) is 0. The molecule has 0 heterocycles. The van der Waals surface area contributed by atoms with Gasteiger partial charge in [-0.05, 0) is 24.3 Å². The van der Waals surface area contributed by atoms with Gasteiger partial charge in [-0.2, -0.15) is 0 Å². The van der Waals surface area contributed by atoms with Crippen LogP contribution in [0, 0.1) is 5.92 Å². The van der Waals surface area contributed by atoms with Crippen molar-refractivity contribution in [2.45, 2.75) is 45.1 Å². The summed E-state index contributed by atoms with van der Waals surface area (Å²) in [5.41, 5.74) is 1.25. The van der Waals surface area contributed by atoms with Crippen LogP contribution in [0.25, 0.3) is 0 Å². The highest BCUT2D eigenvalue weighted by Crippen LogP contribution is 2.32. The maximum atomic E-state index is 10.3. The van der Waals surface area contributed by atoms with Crippen LogP contribution in [0.15, 0.2) is 43.0 Å². The van der Waals surface area contributed by atoms with E-state index in [0.29, 0.717) is 5.92 Å². The monoisotopic (exact) mass is 232 g/mol. The molecule has 3 atom stereocenters. The van der Waals surface area contributed by atoms with E-state index >= 15 is 0 Å². The third-order valence-electron chi connectivity index (χ3n) is 3.52. The normalized spacial score (nSPS) is 16.2. The Bertz CT molecular complexity index is 318. The number of aliphatic hydroxyl groups excluding tert-OH is 1. The highest BCUT2D eigenvalue weighted by molar-refractivity contribution is 5.21. The van der Waals surface area contributed by atoms with E-state index in [2.05, 4.69) is 32.6 Å². The van der Waals surface area contributed by atoms with Gasteiger partial charge in [0.2, 0.25) is 0 Å². The fourth-order valence-corrected chi connectivity index (χ4v) is 2.33. The van der Waals surface area contributed by atoms with Gasteiger partial charge in [-0.15, -0.1) is 6.58 Å². The average molecular weight is 232 g/mol. The van der Waals surface area contributed by atoms with Crippen molar-refractivity contribution in [2.75, 3.05) is 0 Å². The molecular weight excluding hydrogens is 208 g/mol. The molecule has 1 heteroatoms. The van der Waals surface area contributed by atoms with Crippen molar-refractivity contribution in [3.05, 3.63) is 48.6 Å². The fraction of sp³-hybridized carbons (Fsp3) is 0.500. The van der Waals surface area contributed by atoms with Gasteiger partial charge >= 0.3 is 0 Å². The quantitative estimate of drug-likeness (QED) is 0.700. The molecule has 0 spiro atoms. The van der Waals surface area contributed by atoms with Gasteiger partial charge in [0.1, 0.15) is 0 Å². The molecule has 1 nitrogen and oxygen atoms in total. The summed E-state index contributed by atoms with van der Waals surface area (Å²) < 4.78 is 0. The Hall–Kier alpha value is -1.08. The summed E-state index contributed by atoms with van der Waals surface area (Å²) >= 11 is 0. The molecule has 0 aliphatic carbocycles. The van der Waals surface area contributed by atoms with Crippen molar-refractivity contribution in [1.29, 1.82) is 0 Å². The molecule has 0 aromatic heterocycles. The summed E-state index contributed by atoms with van der Waals surface area (Å²) in [6.45, 7) is 8.12. The second-order valence-corrected chi connectivity index (χ2v) is 4.76. The second-order valence-electron chi connectivity index (χ2n) is 4.76. The number of hydrogen-bond acceptors (Lipinski definition) is 1. The van der Waals surface area contributed by atoms with E-state index in [0.717, 1.165) is 19.3 Å². The van der Waals surface area contributed by atoms with Gasteiger partial charge in [-0.25, -0.2) is 0 Å². The maximum absolute atomic E-state index is 10.3. The van der Waals surface area contributed by atoms with Crippen molar-refractivity contribution < 1.29 is 5.11 Å². The number of aliphatic hydroxyl groups is 1. The summed E-state index contributed by atoms with van der Waals surface area (Å²) in [4.78, 5) is 0. The third-order valence-corrected chi connectivity index (χ3v) is 3.52. The van der Waals surface area contributed by atoms with E-state index in [1.54, 1.807) is 0 Å². The number of benzene rings is 1. The van der Waals surface area contributed by atoms with Gasteiger partial charge in [0.15, 0.2) is 0 Å². The van der Waals surface area contributed by atoms with Crippen LogP contribution in [0.1, 0.15) is 44.6 Å². The minimum Gasteiger partial charge on any atom is -0.392 e. The summed E-state index contributed by atoms with van der Waals surface area (Å²) in [5, 5.41) is 10.3. The molecule has 1 aromatic carbocycles. The zero-order chi connectivity index (χ0) is 12.7. The van der Waals surface area contributed by atoms with Gasteiger partial charge in [0, 0.05) is 5.92 Å². The average Bonchev–Trinajstić information content (AvgIpc) is 2.37. The molecule has 0 saturated heterocycles. The van der Waals surface area contributed by atoms with Crippen LogP contribution in [0.2, 0.25) is 0 Å². The number of allylic oxidation sites excluding steroid dienone is 1. The smallest absolute Gasteiger partial charge is 0.0614 e. The topological polar surface area (TPSA) is 20.2 Å². The third kappa shape index (κ3) is 4.01. The molecule has 17 heavy (non-hydrogen) atoms. The van der Waals surface area contributed by atoms with Gasteiger partial charge in [0.05, 0.1) is 6.10 Å². The summed E-state index contributed by atoms with van der Waals surface area (Å²) in [6.07, 6.45) is 4.37. The molecule has 0 saturated carbocycles. The Labute approximate surface area is 105 Å². The van der Waals surface area contributed by atoms with Crippen LogP contribution in [0.4, 0.5) is 0 Å². The van der Waals surface area contributed by atoms with E-state index in [9.17, 15) is 5.11 Å². The first kappa shape index (κ1) is 14.0. The Morgan fingerprint density at radius 2 is 1.94 bits per heavy atom. The van der Waals surface area contributed by atoms with E-state index in [1.165, 1.54) is 5.56 Å². The van der Waals surface area contributed by atoms with Crippen molar-refractivity contribution in [2.24, 2.45) is 5.92 Å². The van der Waals surface area contributed by atoms with Crippen molar-refractivity contribution in [1.82, 2.24) is 0 Å². The summed E-state index contributed by atoms with van der Waals surface area (Å²) in [5.74, 6) is 0.735. The number of rotatable bonds is 7. The zero-order valence-corrected chi connectivity index (χ0v) is 11.0. The highest BCUT2D eigenvalue weighted by atomic mass is 16.3. The molecule has 3 unspecified atom stereocenters. The van der Waals surface area contributed by atoms with Crippen LogP contribution in [0.3, 0.4) is 0 Å². The van der Waals surface area contributed by atoms with E-state index in [4.69, 9.17) is 0 Å². The first-order valence-corrected chi connectivity index (χ1v) is 6.54. The van der Waals surface area contributed by atoms with Crippen LogP contribution in [-0.2, 0) is 0 Å². The van der Waals surface area contributed by atoms with E-state index in [1.807, 2.05) is 24.3 Å². The van der Waals surface area contributed by atoms with Crippen molar-refractivity contribution in [3.63, 3.8) is 0 Å². The van der Waals surface area contributed by atoms with E-state index < -0.39 is 0 Å². The minimum atomic E-state index is -0.273. The van der Waals surface area contributed by atoms with Gasteiger partial charge < -0.3 is 5.11 Å². The van der Waals surface area contributed by atoms with Crippen molar-refractivity contribution in [3.8, 4) is 0 Å². The molecular formula is C16H24O. The molecule has 1 N–H and O–H groups in total. The van der Waals surface area contributed by atoms with Crippen LogP contribution >= 0.6 is 0 Å². The summed E-state index contributed by atoms with van der Waals surface area (Å²) in [6, 6.07) is 10.4. The molecule has 1 rings (SSSR count). The Kier molecular flexibility index (Phi) is 5.99. The molecule has 0 bridgehead atoms. The van der Waals surface area contributed by atoms with Gasteiger partial charge in [-0.3, -0.25) is 0 Å². The first-order valence-electron chi connectivity index (χ1n) is 6.54. The first-order chi connectivity index (χ1) is 8.20. The lowest BCUT2D eigenvalue weighted by Gasteiger charge is -2.28. The highest BCUT2D eigenvalue weighted by Gasteiger charge is 2.25. The Morgan fingerprint density at radius 3 is 2.47 bits per heavy atom. The Balaban J connectivity index is 2.84. The molecule has 94 valence electrons. The zero-order valence-electron chi connectivity index (χ0n) is 11.0. The molecule has 0 amide bonds. The fourth-order valence-electron chi connectivity index (χ4n) is 2.33. The lowest BCUT2D eigenvalue weighted by Crippen LogP contribution is -2.24.